The summed E-state index contributed by atoms with van der Waals surface area (Å²) in [6.45, 7) is 5.12. The van der Waals surface area contributed by atoms with Gasteiger partial charge in [0.25, 0.3) is 0 Å². The van der Waals surface area contributed by atoms with E-state index in [0.717, 1.165) is 12.3 Å². The van der Waals surface area contributed by atoms with Gasteiger partial charge in [0.05, 0.1) is 13.0 Å². The van der Waals surface area contributed by atoms with Crippen LogP contribution in [-0.2, 0) is 9.53 Å². The number of hydrogen-bond acceptors (Lipinski definition) is 4. The van der Waals surface area contributed by atoms with Crippen LogP contribution in [0.4, 0.5) is 0 Å². The summed E-state index contributed by atoms with van der Waals surface area (Å²) in [6.07, 6.45) is 0. The van der Waals surface area contributed by atoms with Crippen molar-refractivity contribution in [3.05, 3.63) is 0 Å². The van der Waals surface area contributed by atoms with Gasteiger partial charge >= 0.3 is 5.97 Å². The summed E-state index contributed by atoms with van der Waals surface area (Å²) in [5.74, 6) is 0.832. The first-order valence-electron chi connectivity index (χ1n) is 4.63. The normalized spacial score (nSPS) is 33.3. The van der Waals surface area contributed by atoms with Gasteiger partial charge < -0.3 is 10.1 Å². The maximum absolute atomic E-state index is 11.4. The molecule has 3 atom stereocenters. The second kappa shape index (κ2) is 4.86. The average Bonchev–Trinajstić information content (AvgIpc) is 2.48. The fraction of sp³-hybridized carbons (Fsp3) is 0.889. The Bertz CT molecular complexity index is 186. The van der Waals surface area contributed by atoms with Crippen molar-refractivity contribution in [3.8, 4) is 0 Å². The van der Waals surface area contributed by atoms with Gasteiger partial charge in [-0.15, -0.1) is 0 Å². The summed E-state index contributed by atoms with van der Waals surface area (Å²) in [5.41, 5.74) is 0. The number of methoxy groups -OCH3 is 1. The molecule has 1 rings (SSSR count). The van der Waals surface area contributed by atoms with Gasteiger partial charge in [-0.25, -0.2) is 0 Å². The van der Waals surface area contributed by atoms with Gasteiger partial charge in [-0.3, -0.25) is 4.79 Å². The number of hydrogen-bond donors (Lipinski definition) is 1. The van der Waals surface area contributed by atoms with E-state index in [1.807, 2.05) is 11.8 Å². The van der Waals surface area contributed by atoms with Crippen LogP contribution in [0, 0.1) is 5.92 Å². The summed E-state index contributed by atoms with van der Waals surface area (Å²) >= 11 is 1.83. The number of carbonyl (C=O) groups excluding carboxylic acids is 1. The smallest absolute Gasteiger partial charge is 0.311 e. The molecule has 0 amide bonds. The molecule has 13 heavy (non-hydrogen) atoms. The van der Waals surface area contributed by atoms with E-state index >= 15 is 0 Å². The van der Waals surface area contributed by atoms with Crippen molar-refractivity contribution >= 4 is 17.7 Å². The predicted octanol–water partition coefficient (Wildman–Crippen LogP) is 0.889. The fourth-order valence-corrected chi connectivity index (χ4v) is 3.05. The van der Waals surface area contributed by atoms with Crippen LogP contribution in [-0.4, -0.2) is 36.7 Å². The van der Waals surface area contributed by atoms with E-state index in [0.29, 0.717) is 5.25 Å². The number of nitrogens with one attached hydrogen (secondary N) is 1. The van der Waals surface area contributed by atoms with E-state index in [1.54, 1.807) is 0 Å². The zero-order valence-corrected chi connectivity index (χ0v) is 9.19. The van der Waals surface area contributed by atoms with E-state index in [-0.39, 0.29) is 17.9 Å². The molecule has 4 heteroatoms. The topological polar surface area (TPSA) is 38.3 Å². The van der Waals surface area contributed by atoms with E-state index in [1.165, 1.54) is 7.11 Å². The number of rotatable bonds is 3. The highest BCUT2D eigenvalue weighted by Gasteiger charge is 2.38. The third-order valence-corrected chi connectivity index (χ3v) is 3.79. The number of ether oxygens (including phenoxy) is 1. The lowest BCUT2D eigenvalue weighted by Gasteiger charge is -2.20. The Morgan fingerprint density at radius 1 is 1.69 bits per heavy atom. The molecule has 0 aromatic rings. The molecule has 76 valence electrons. The second-order valence-corrected chi connectivity index (χ2v) is 4.66. The van der Waals surface area contributed by atoms with Crippen LogP contribution in [0.2, 0.25) is 0 Å². The SMILES string of the molecule is CCNC1C(C)SCC1C(=O)OC. The Hall–Kier alpha value is -0.220. The van der Waals surface area contributed by atoms with Crippen molar-refractivity contribution < 1.29 is 9.53 Å². The molecule has 1 aliphatic heterocycles. The molecule has 0 spiro atoms. The molecule has 0 aliphatic carbocycles. The first-order chi connectivity index (χ1) is 6.20. The molecule has 1 heterocycles. The van der Waals surface area contributed by atoms with Crippen LogP contribution in [0.25, 0.3) is 0 Å². The summed E-state index contributed by atoms with van der Waals surface area (Å²) in [5, 5.41) is 3.84. The lowest BCUT2D eigenvalue weighted by Crippen LogP contribution is -2.42. The molecular formula is C9H17NO2S. The minimum atomic E-state index is -0.0807. The lowest BCUT2D eigenvalue weighted by molar-refractivity contribution is -0.145. The van der Waals surface area contributed by atoms with Crippen LogP contribution in [0.15, 0.2) is 0 Å². The van der Waals surface area contributed by atoms with E-state index in [2.05, 4.69) is 19.2 Å². The summed E-state index contributed by atoms with van der Waals surface area (Å²) in [6, 6.07) is 0.280. The van der Waals surface area contributed by atoms with Crippen LogP contribution >= 0.6 is 11.8 Å². The van der Waals surface area contributed by atoms with Crippen molar-refractivity contribution in [1.29, 1.82) is 0 Å². The molecule has 1 saturated heterocycles. The number of thioether (sulfide) groups is 1. The first-order valence-corrected chi connectivity index (χ1v) is 5.68. The monoisotopic (exact) mass is 203 g/mol. The van der Waals surface area contributed by atoms with Gasteiger partial charge in [0.2, 0.25) is 0 Å². The molecule has 0 saturated carbocycles. The molecule has 0 radical (unpaired) electrons. The molecular weight excluding hydrogens is 186 g/mol. The molecule has 0 aromatic heterocycles. The minimum Gasteiger partial charge on any atom is -0.469 e. The zero-order valence-electron chi connectivity index (χ0n) is 8.37. The standard InChI is InChI=1S/C9H17NO2S/c1-4-10-8-6(2)13-5-7(8)9(11)12-3/h6-8,10H,4-5H2,1-3H3. The third-order valence-electron chi connectivity index (χ3n) is 2.42. The molecule has 1 fully saturated rings. The molecule has 3 unspecified atom stereocenters. The molecule has 1 N–H and O–H groups in total. The Morgan fingerprint density at radius 2 is 2.38 bits per heavy atom. The first kappa shape index (κ1) is 10.9. The average molecular weight is 203 g/mol. The Labute approximate surface area is 83.6 Å². The highest BCUT2D eigenvalue weighted by Crippen LogP contribution is 2.32. The number of carbonyl (C=O) groups is 1. The highest BCUT2D eigenvalue weighted by molar-refractivity contribution is 8.00. The fourth-order valence-electron chi connectivity index (χ4n) is 1.70. The van der Waals surface area contributed by atoms with Gasteiger partial charge in [0.15, 0.2) is 0 Å². The van der Waals surface area contributed by atoms with E-state index in [4.69, 9.17) is 4.74 Å². The maximum Gasteiger partial charge on any atom is 0.311 e. The molecule has 3 nitrogen and oxygen atoms in total. The lowest BCUT2D eigenvalue weighted by atomic mass is 10.00. The van der Waals surface area contributed by atoms with Crippen molar-refractivity contribution in [3.63, 3.8) is 0 Å². The van der Waals surface area contributed by atoms with Gasteiger partial charge in [0, 0.05) is 17.0 Å². The van der Waals surface area contributed by atoms with Gasteiger partial charge in [0.1, 0.15) is 0 Å². The minimum absolute atomic E-state index is 0.0324. The van der Waals surface area contributed by atoms with Crippen molar-refractivity contribution in [2.75, 3.05) is 19.4 Å². The molecule has 0 bridgehead atoms. The van der Waals surface area contributed by atoms with Crippen LogP contribution in [0.5, 0.6) is 0 Å². The zero-order chi connectivity index (χ0) is 9.84. The van der Waals surface area contributed by atoms with Gasteiger partial charge in [-0.1, -0.05) is 13.8 Å². The van der Waals surface area contributed by atoms with Gasteiger partial charge in [-0.05, 0) is 6.54 Å². The highest BCUT2D eigenvalue weighted by atomic mass is 32.2. The molecule has 1 aliphatic rings. The Balaban J connectivity index is 2.58. The van der Waals surface area contributed by atoms with Crippen molar-refractivity contribution in [2.45, 2.75) is 25.1 Å². The second-order valence-electron chi connectivity index (χ2n) is 3.25. The van der Waals surface area contributed by atoms with E-state index in [9.17, 15) is 4.79 Å². The van der Waals surface area contributed by atoms with Crippen molar-refractivity contribution in [2.24, 2.45) is 5.92 Å². The summed E-state index contributed by atoms with van der Waals surface area (Å²) in [7, 11) is 1.46. The largest absolute Gasteiger partial charge is 0.469 e. The maximum atomic E-state index is 11.4. The summed E-state index contributed by atoms with van der Waals surface area (Å²) < 4.78 is 4.77. The van der Waals surface area contributed by atoms with Crippen molar-refractivity contribution in [1.82, 2.24) is 5.32 Å². The third kappa shape index (κ3) is 2.38. The van der Waals surface area contributed by atoms with Crippen LogP contribution < -0.4 is 5.32 Å². The van der Waals surface area contributed by atoms with E-state index < -0.39 is 0 Å². The van der Waals surface area contributed by atoms with Crippen LogP contribution in [0.3, 0.4) is 0 Å². The molecule has 0 aromatic carbocycles. The van der Waals surface area contributed by atoms with Crippen LogP contribution in [0.1, 0.15) is 13.8 Å². The quantitative estimate of drug-likeness (QED) is 0.691. The predicted molar refractivity (Wildman–Crippen MR) is 54.9 cm³/mol. The summed E-state index contributed by atoms with van der Waals surface area (Å²) in [4.78, 5) is 11.4. The Kier molecular flexibility index (Phi) is 4.06. The van der Waals surface area contributed by atoms with Gasteiger partial charge in [-0.2, -0.15) is 11.8 Å². The number of esters is 1. The Morgan fingerprint density at radius 3 is 2.92 bits per heavy atom.